The number of nitrogens with zero attached hydrogens (tertiary/aromatic N) is 1. The molecular formula is C15H24N2O2. The van der Waals surface area contributed by atoms with Crippen molar-refractivity contribution >= 4 is 5.91 Å². The van der Waals surface area contributed by atoms with Crippen LogP contribution < -0.4 is 10.1 Å². The lowest BCUT2D eigenvalue weighted by Gasteiger charge is -2.17. The second-order valence-electron chi connectivity index (χ2n) is 4.69. The summed E-state index contributed by atoms with van der Waals surface area (Å²) in [6.07, 6.45) is 1.16. The van der Waals surface area contributed by atoms with Crippen molar-refractivity contribution in [1.82, 2.24) is 10.2 Å². The van der Waals surface area contributed by atoms with Crippen LogP contribution in [0.25, 0.3) is 0 Å². The lowest BCUT2D eigenvalue weighted by molar-refractivity contribution is 0.0797. The summed E-state index contributed by atoms with van der Waals surface area (Å²) in [6, 6.07) is 7.34. The molecule has 1 aromatic carbocycles. The first-order valence-corrected chi connectivity index (χ1v) is 6.75. The van der Waals surface area contributed by atoms with Gasteiger partial charge < -0.3 is 15.0 Å². The zero-order valence-electron chi connectivity index (χ0n) is 12.3. The van der Waals surface area contributed by atoms with Crippen molar-refractivity contribution in [2.45, 2.75) is 26.4 Å². The summed E-state index contributed by atoms with van der Waals surface area (Å²) >= 11 is 0. The van der Waals surface area contributed by atoms with Crippen LogP contribution in [0.1, 0.15) is 30.6 Å². The van der Waals surface area contributed by atoms with Gasteiger partial charge >= 0.3 is 0 Å². The zero-order valence-corrected chi connectivity index (χ0v) is 12.3. The molecule has 0 aliphatic heterocycles. The Bertz CT molecular complexity index is 390. The van der Waals surface area contributed by atoms with Crippen molar-refractivity contribution < 1.29 is 9.53 Å². The van der Waals surface area contributed by atoms with Gasteiger partial charge in [-0.1, -0.05) is 6.92 Å². The molecule has 4 heteroatoms. The van der Waals surface area contributed by atoms with Crippen LogP contribution in [0.5, 0.6) is 5.75 Å². The van der Waals surface area contributed by atoms with E-state index in [2.05, 4.69) is 12.2 Å². The van der Waals surface area contributed by atoms with Crippen molar-refractivity contribution in [3.8, 4) is 5.75 Å². The number of rotatable bonds is 7. The maximum absolute atomic E-state index is 12.1. The summed E-state index contributed by atoms with van der Waals surface area (Å²) in [5.41, 5.74) is 0.690. The minimum Gasteiger partial charge on any atom is -0.491 e. The molecule has 0 aliphatic carbocycles. The Hall–Kier alpha value is -1.55. The third-order valence-corrected chi connectivity index (χ3v) is 3.06. The van der Waals surface area contributed by atoms with Gasteiger partial charge in [-0.05, 0) is 44.7 Å². The van der Waals surface area contributed by atoms with Crippen LogP contribution in [-0.4, -0.2) is 44.1 Å². The van der Waals surface area contributed by atoms with E-state index < -0.39 is 0 Å². The second-order valence-corrected chi connectivity index (χ2v) is 4.69. The Balaban J connectivity index is 2.62. The molecule has 1 unspecified atom stereocenters. The summed E-state index contributed by atoms with van der Waals surface area (Å²) in [7, 11) is 3.68. The Morgan fingerprint density at radius 1 is 1.37 bits per heavy atom. The molecule has 0 radical (unpaired) electrons. The molecule has 0 heterocycles. The van der Waals surface area contributed by atoms with Crippen LogP contribution in [0, 0.1) is 0 Å². The van der Waals surface area contributed by atoms with Gasteiger partial charge in [0.2, 0.25) is 0 Å². The summed E-state index contributed by atoms with van der Waals surface area (Å²) < 4.78 is 5.69. The molecule has 106 valence electrons. The van der Waals surface area contributed by atoms with Crippen molar-refractivity contribution in [2.75, 3.05) is 27.2 Å². The molecule has 1 atom stereocenters. The SMILES string of the molecule is CCC(C)Oc1ccc(C(=O)N(C)CCNC)cc1. The van der Waals surface area contributed by atoms with E-state index in [-0.39, 0.29) is 12.0 Å². The normalized spacial score (nSPS) is 12.0. The largest absolute Gasteiger partial charge is 0.491 e. The topological polar surface area (TPSA) is 41.6 Å². The van der Waals surface area contributed by atoms with Crippen LogP contribution in [0.15, 0.2) is 24.3 Å². The summed E-state index contributed by atoms with van der Waals surface area (Å²) in [5, 5.41) is 3.03. The molecule has 0 bridgehead atoms. The molecule has 4 nitrogen and oxygen atoms in total. The fourth-order valence-electron chi connectivity index (χ4n) is 1.59. The molecule has 1 rings (SSSR count). The lowest BCUT2D eigenvalue weighted by atomic mass is 10.2. The van der Waals surface area contributed by atoms with Crippen LogP contribution >= 0.6 is 0 Å². The molecule has 0 fully saturated rings. The van der Waals surface area contributed by atoms with E-state index >= 15 is 0 Å². The van der Waals surface area contributed by atoms with Gasteiger partial charge in [-0.15, -0.1) is 0 Å². The zero-order chi connectivity index (χ0) is 14.3. The van der Waals surface area contributed by atoms with Gasteiger partial charge in [-0.25, -0.2) is 0 Å². The Morgan fingerprint density at radius 2 is 2.00 bits per heavy atom. The van der Waals surface area contributed by atoms with E-state index in [0.29, 0.717) is 12.1 Å². The van der Waals surface area contributed by atoms with Gasteiger partial charge in [0.15, 0.2) is 0 Å². The molecule has 1 amide bonds. The van der Waals surface area contributed by atoms with Crippen LogP contribution in [0.2, 0.25) is 0 Å². The lowest BCUT2D eigenvalue weighted by Crippen LogP contribution is -2.32. The van der Waals surface area contributed by atoms with Crippen LogP contribution in [0.4, 0.5) is 0 Å². The number of hydrogen-bond acceptors (Lipinski definition) is 3. The molecule has 0 saturated carbocycles. The van der Waals surface area contributed by atoms with E-state index in [9.17, 15) is 4.79 Å². The Labute approximate surface area is 115 Å². The highest BCUT2D eigenvalue weighted by Crippen LogP contribution is 2.15. The third kappa shape index (κ3) is 4.91. The minimum absolute atomic E-state index is 0.0327. The number of carbonyl (C=O) groups is 1. The summed E-state index contributed by atoms with van der Waals surface area (Å²) in [5.74, 6) is 0.842. The molecule has 19 heavy (non-hydrogen) atoms. The smallest absolute Gasteiger partial charge is 0.253 e. The summed E-state index contributed by atoms with van der Waals surface area (Å²) in [6.45, 7) is 5.60. The molecule has 0 saturated heterocycles. The van der Waals surface area contributed by atoms with E-state index in [4.69, 9.17) is 4.74 Å². The minimum atomic E-state index is 0.0327. The Kier molecular flexibility index (Phi) is 6.36. The molecule has 0 aromatic heterocycles. The first kappa shape index (κ1) is 15.5. The number of benzene rings is 1. The molecular weight excluding hydrogens is 240 g/mol. The predicted molar refractivity (Wildman–Crippen MR) is 77.7 cm³/mol. The van der Waals surface area contributed by atoms with Crippen molar-refractivity contribution in [2.24, 2.45) is 0 Å². The van der Waals surface area contributed by atoms with Gasteiger partial charge in [0.05, 0.1) is 6.10 Å². The van der Waals surface area contributed by atoms with E-state index in [0.717, 1.165) is 18.7 Å². The first-order valence-electron chi connectivity index (χ1n) is 6.75. The van der Waals surface area contributed by atoms with E-state index in [1.807, 2.05) is 45.3 Å². The van der Waals surface area contributed by atoms with Crippen molar-refractivity contribution in [1.29, 1.82) is 0 Å². The maximum Gasteiger partial charge on any atom is 0.253 e. The number of carbonyl (C=O) groups excluding carboxylic acids is 1. The van der Waals surface area contributed by atoms with Gasteiger partial charge in [0, 0.05) is 25.7 Å². The number of hydrogen-bond donors (Lipinski definition) is 1. The van der Waals surface area contributed by atoms with Crippen LogP contribution in [-0.2, 0) is 0 Å². The van der Waals surface area contributed by atoms with Crippen molar-refractivity contribution in [3.05, 3.63) is 29.8 Å². The van der Waals surface area contributed by atoms with Gasteiger partial charge in [0.25, 0.3) is 5.91 Å². The quantitative estimate of drug-likeness (QED) is 0.820. The van der Waals surface area contributed by atoms with Gasteiger partial charge in [-0.2, -0.15) is 0 Å². The first-order chi connectivity index (χ1) is 9.08. The fourth-order valence-corrected chi connectivity index (χ4v) is 1.59. The molecule has 0 aliphatic rings. The number of nitrogens with one attached hydrogen (secondary N) is 1. The van der Waals surface area contributed by atoms with Crippen molar-refractivity contribution in [3.63, 3.8) is 0 Å². The molecule has 1 N–H and O–H groups in total. The van der Waals surface area contributed by atoms with Crippen LogP contribution in [0.3, 0.4) is 0 Å². The molecule has 0 spiro atoms. The molecule has 1 aromatic rings. The van der Waals surface area contributed by atoms with Gasteiger partial charge in [-0.3, -0.25) is 4.79 Å². The highest BCUT2D eigenvalue weighted by atomic mass is 16.5. The monoisotopic (exact) mass is 264 g/mol. The second kappa shape index (κ2) is 7.79. The summed E-state index contributed by atoms with van der Waals surface area (Å²) in [4.78, 5) is 13.8. The number of ether oxygens (including phenoxy) is 1. The third-order valence-electron chi connectivity index (χ3n) is 3.06. The van der Waals surface area contributed by atoms with Gasteiger partial charge in [0.1, 0.15) is 5.75 Å². The fraction of sp³-hybridized carbons (Fsp3) is 0.533. The highest BCUT2D eigenvalue weighted by molar-refractivity contribution is 5.94. The average Bonchev–Trinajstić information content (AvgIpc) is 2.44. The maximum atomic E-state index is 12.1. The Morgan fingerprint density at radius 3 is 2.53 bits per heavy atom. The standard InChI is InChI=1S/C15H24N2O2/c1-5-12(2)19-14-8-6-13(7-9-14)15(18)17(4)11-10-16-3/h6-9,12,16H,5,10-11H2,1-4H3. The number of likely N-dealkylation sites (N-methyl/N-ethyl adjacent to an activating group) is 2. The predicted octanol–water partition coefficient (Wildman–Crippen LogP) is 2.16. The van der Waals surface area contributed by atoms with E-state index in [1.54, 1.807) is 4.90 Å². The average molecular weight is 264 g/mol. The van der Waals surface area contributed by atoms with E-state index in [1.165, 1.54) is 0 Å². The number of amides is 1. The highest BCUT2D eigenvalue weighted by Gasteiger charge is 2.11.